The van der Waals surface area contributed by atoms with Gasteiger partial charge in [0.1, 0.15) is 18.5 Å². The van der Waals surface area contributed by atoms with E-state index < -0.39 is 61.2 Å². The number of carbonyl (C=O) groups is 5. The predicted octanol–water partition coefficient (Wildman–Crippen LogP) is 2.00. The zero-order valence-electron chi connectivity index (χ0n) is 20.8. The normalized spacial score (nSPS) is 22.6. The Labute approximate surface area is 218 Å². The lowest BCUT2D eigenvalue weighted by atomic mass is 9.98. The van der Waals surface area contributed by atoms with Crippen molar-refractivity contribution < 1.29 is 52.8 Å². The van der Waals surface area contributed by atoms with E-state index in [0.717, 1.165) is 6.92 Å². The summed E-state index contributed by atoms with van der Waals surface area (Å²) in [4.78, 5) is 60.9. The minimum atomic E-state index is -1.84. The second-order valence-electron chi connectivity index (χ2n) is 8.50. The summed E-state index contributed by atoms with van der Waals surface area (Å²) in [7, 11) is 0. The number of ether oxygens (including phenoxy) is 5. The molecule has 1 aliphatic rings. The number of rotatable bonds is 10. The van der Waals surface area contributed by atoms with Crippen molar-refractivity contribution >= 4 is 29.7 Å². The predicted molar refractivity (Wildman–Crippen MR) is 129 cm³/mol. The molecule has 0 aliphatic carbocycles. The first-order valence-corrected chi connectivity index (χ1v) is 11.8. The van der Waals surface area contributed by atoms with Crippen molar-refractivity contribution in [2.24, 2.45) is 0 Å². The summed E-state index contributed by atoms with van der Waals surface area (Å²) in [5.41, 5.74) is 0.300. The first kappa shape index (κ1) is 28.5. The molecule has 2 aromatic rings. The van der Waals surface area contributed by atoms with Gasteiger partial charge in [0.25, 0.3) is 0 Å². The summed E-state index contributed by atoms with van der Waals surface area (Å²) in [5.74, 6) is -3.43. The standard InChI is InChI=1S/C27H28O11/c1-16(28)13-14-21(30)34-15-20-22(35-17(2)29)23(37-25(31)18-9-5-3-6-10-18)24(27(33)36-20)38-26(32)19-11-7-4-8-12-19/h3-12,20,22-24,27,33H,13-15H2,1-2H3/t20-,22-,23+,24-,27+/m1/s1. The summed E-state index contributed by atoms with van der Waals surface area (Å²) in [6, 6.07) is 15.7. The molecule has 38 heavy (non-hydrogen) atoms. The molecule has 0 bridgehead atoms. The van der Waals surface area contributed by atoms with Gasteiger partial charge in [0.2, 0.25) is 0 Å². The zero-order valence-corrected chi connectivity index (χ0v) is 20.8. The SMILES string of the molecule is CC(=O)CCC(=O)OC[C@H]1O[C@H](O)[C@H](OC(=O)c2ccccc2)[C@@H](OC(=O)c2ccccc2)[C@@H]1OC(C)=O. The van der Waals surface area contributed by atoms with Crippen molar-refractivity contribution in [3.8, 4) is 0 Å². The highest BCUT2D eigenvalue weighted by Gasteiger charge is 2.52. The molecule has 11 heteroatoms. The van der Waals surface area contributed by atoms with E-state index in [2.05, 4.69) is 0 Å². The van der Waals surface area contributed by atoms with Crippen LogP contribution < -0.4 is 0 Å². The van der Waals surface area contributed by atoms with Crippen molar-refractivity contribution in [2.75, 3.05) is 6.61 Å². The lowest BCUT2D eigenvalue weighted by molar-refractivity contribution is -0.288. The van der Waals surface area contributed by atoms with Crippen LogP contribution in [0.15, 0.2) is 60.7 Å². The largest absolute Gasteiger partial charge is 0.463 e. The first-order chi connectivity index (χ1) is 18.2. The molecule has 1 N–H and O–H groups in total. The van der Waals surface area contributed by atoms with Gasteiger partial charge in [-0.2, -0.15) is 0 Å². The van der Waals surface area contributed by atoms with E-state index in [4.69, 9.17) is 23.7 Å². The van der Waals surface area contributed by atoms with Gasteiger partial charge in [-0.05, 0) is 31.2 Å². The Bertz CT molecular complexity index is 1130. The van der Waals surface area contributed by atoms with Crippen LogP contribution in [0.5, 0.6) is 0 Å². The molecule has 2 aromatic carbocycles. The fourth-order valence-corrected chi connectivity index (χ4v) is 3.68. The van der Waals surface area contributed by atoms with Crippen LogP contribution in [-0.2, 0) is 38.1 Å². The quantitative estimate of drug-likeness (QED) is 0.356. The number of benzene rings is 2. The monoisotopic (exact) mass is 528 g/mol. The number of aliphatic hydroxyl groups is 1. The Morgan fingerprint density at radius 3 is 1.76 bits per heavy atom. The Morgan fingerprint density at radius 1 is 0.737 bits per heavy atom. The first-order valence-electron chi connectivity index (χ1n) is 11.8. The minimum Gasteiger partial charge on any atom is -0.463 e. The zero-order chi connectivity index (χ0) is 27.7. The average molecular weight is 529 g/mol. The molecule has 0 saturated carbocycles. The van der Waals surface area contributed by atoms with Gasteiger partial charge in [0.05, 0.1) is 17.5 Å². The molecule has 202 valence electrons. The molecular formula is C27H28O11. The lowest BCUT2D eigenvalue weighted by Gasteiger charge is -2.42. The van der Waals surface area contributed by atoms with E-state index in [9.17, 15) is 29.1 Å². The molecule has 3 rings (SSSR count). The Balaban J connectivity index is 1.88. The minimum absolute atomic E-state index is 0.0326. The average Bonchev–Trinajstić information content (AvgIpc) is 2.90. The third-order valence-electron chi connectivity index (χ3n) is 5.51. The molecule has 0 spiro atoms. The Morgan fingerprint density at radius 2 is 1.26 bits per heavy atom. The van der Waals surface area contributed by atoms with E-state index in [1.54, 1.807) is 36.4 Å². The third-order valence-corrected chi connectivity index (χ3v) is 5.51. The van der Waals surface area contributed by atoms with Crippen molar-refractivity contribution in [1.29, 1.82) is 0 Å². The van der Waals surface area contributed by atoms with Crippen molar-refractivity contribution in [3.63, 3.8) is 0 Å². The maximum absolute atomic E-state index is 12.9. The Kier molecular flexibility index (Phi) is 10.1. The summed E-state index contributed by atoms with van der Waals surface area (Å²) in [5, 5.41) is 10.8. The van der Waals surface area contributed by atoms with Crippen LogP contribution in [0.25, 0.3) is 0 Å². The van der Waals surface area contributed by atoms with Crippen LogP contribution in [0.4, 0.5) is 0 Å². The van der Waals surface area contributed by atoms with Crippen molar-refractivity contribution in [2.45, 2.75) is 57.4 Å². The molecule has 1 saturated heterocycles. The van der Waals surface area contributed by atoms with Crippen molar-refractivity contribution in [3.05, 3.63) is 71.8 Å². The van der Waals surface area contributed by atoms with E-state index >= 15 is 0 Å². The van der Waals surface area contributed by atoms with Crippen LogP contribution in [0, 0.1) is 0 Å². The smallest absolute Gasteiger partial charge is 0.338 e. The number of Topliss-reactive ketones (excluding diaryl/α,β-unsaturated/α-hetero) is 1. The molecule has 5 atom stereocenters. The second kappa shape index (κ2) is 13.5. The summed E-state index contributed by atoms with van der Waals surface area (Å²) in [6.07, 6.45) is -7.94. The summed E-state index contributed by atoms with van der Waals surface area (Å²) < 4.78 is 27.1. The second-order valence-corrected chi connectivity index (χ2v) is 8.50. The molecular weight excluding hydrogens is 500 g/mol. The number of hydrogen-bond acceptors (Lipinski definition) is 11. The van der Waals surface area contributed by atoms with Gasteiger partial charge in [-0.15, -0.1) is 0 Å². The molecule has 0 unspecified atom stereocenters. The Hall–Kier alpha value is -4.09. The van der Waals surface area contributed by atoms with Gasteiger partial charge in [-0.3, -0.25) is 9.59 Å². The number of aliphatic hydroxyl groups excluding tert-OH is 1. The van der Waals surface area contributed by atoms with Crippen LogP contribution >= 0.6 is 0 Å². The van der Waals surface area contributed by atoms with Crippen molar-refractivity contribution in [1.82, 2.24) is 0 Å². The van der Waals surface area contributed by atoms with Gasteiger partial charge >= 0.3 is 23.9 Å². The fourth-order valence-electron chi connectivity index (χ4n) is 3.68. The van der Waals surface area contributed by atoms with E-state index in [-0.39, 0.29) is 29.8 Å². The highest BCUT2D eigenvalue weighted by molar-refractivity contribution is 5.90. The maximum atomic E-state index is 12.9. The number of esters is 4. The van der Waals surface area contributed by atoms with Gasteiger partial charge in [0, 0.05) is 13.3 Å². The number of carbonyl (C=O) groups excluding carboxylic acids is 5. The van der Waals surface area contributed by atoms with Crippen LogP contribution in [-0.4, -0.2) is 72.1 Å². The molecule has 11 nitrogen and oxygen atoms in total. The molecule has 0 amide bonds. The van der Waals surface area contributed by atoms with Crippen LogP contribution in [0.2, 0.25) is 0 Å². The molecule has 1 heterocycles. The molecule has 0 radical (unpaired) electrons. The van der Waals surface area contributed by atoms with Gasteiger partial charge < -0.3 is 33.6 Å². The molecule has 1 aliphatic heterocycles. The maximum Gasteiger partial charge on any atom is 0.338 e. The van der Waals surface area contributed by atoms with E-state index in [0.29, 0.717) is 0 Å². The lowest BCUT2D eigenvalue weighted by Crippen LogP contribution is -2.62. The number of hydrogen-bond donors (Lipinski definition) is 1. The molecule has 0 aromatic heterocycles. The fraction of sp³-hybridized carbons (Fsp3) is 0.370. The van der Waals surface area contributed by atoms with Gasteiger partial charge in [-0.1, -0.05) is 36.4 Å². The summed E-state index contributed by atoms with van der Waals surface area (Å²) >= 11 is 0. The van der Waals surface area contributed by atoms with Crippen LogP contribution in [0.1, 0.15) is 47.4 Å². The highest BCUT2D eigenvalue weighted by Crippen LogP contribution is 2.29. The summed E-state index contributed by atoms with van der Waals surface area (Å²) in [6.45, 7) is 1.92. The number of ketones is 1. The van der Waals surface area contributed by atoms with E-state index in [1.807, 2.05) is 0 Å². The highest BCUT2D eigenvalue weighted by atomic mass is 16.7. The van der Waals surface area contributed by atoms with Gasteiger partial charge in [0.15, 0.2) is 24.6 Å². The molecule has 1 fully saturated rings. The third kappa shape index (κ3) is 7.95. The van der Waals surface area contributed by atoms with Crippen LogP contribution in [0.3, 0.4) is 0 Å². The van der Waals surface area contributed by atoms with E-state index in [1.165, 1.54) is 31.2 Å². The van der Waals surface area contributed by atoms with Gasteiger partial charge in [-0.25, -0.2) is 9.59 Å². The topological polar surface area (TPSA) is 152 Å².